The highest BCUT2D eigenvalue weighted by Crippen LogP contribution is 2.49. The fourth-order valence-electron chi connectivity index (χ4n) is 2.31. The van der Waals surface area contributed by atoms with E-state index in [1.165, 1.54) is 6.42 Å². The maximum Gasteiger partial charge on any atom is 0.251 e. The molecule has 0 bridgehead atoms. The lowest BCUT2D eigenvalue weighted by molar-refractivity contribution is -0.138. The minimum absolute atomic E-state index is 0.377. The maximum absolute atomic E-state index is 6.22. The summed E-state index contributed by atoms with van der Waals surface area (Å²) in [5.41, 5.74) is 6.61. The van der Waals surface area contributed by atoms with Gasteiger partial charge in [0.1, 0.15) is 0 Å². The molecule has 3 rings (SSSR count). The maximum atomic E-state index is 6.22. The van der Waals surface area contributed by atoms with Crippen LogP contribution >= 0.6 is 11.6 Å². The standard InChI is InChI=1S/C13H16ClNO2/c14-10-8-12-11(7-9(10)3-1-6-15)16-13(17-12)4-2-5-13/h7-8H,1-6,15H2. The Balaban J connectivity index is 1.85. The van der Waals surface area contributed by atoms with Crippen molar-refractivity contribution in [2.75, 3.05) is 6.54 Å². The number of nitrogens with two attached hydrogens (primary N) is 1. The average molecular weight is 254 g/mol. The van der Waals surface area contributed by atoms with Gasteiger partial charge in [0.15, 0.2) is 11.5 Å². The molecule has 2 aliphatic rings. The quantitative estimate of drug-likeness (QED) is 0.901. The minimum atomic E-state index is -0.377. The molecule has 0 radical (unpaired) electrons. The molecule has 0 atom stereocenters. The number of fused-ring (bicyclic) bond motifs is 1. The van der Waals surface area contributed by atoms with Gasteiger partial charge < -0.3 is 15.2 Å². The van der Waals surface area contributed by atoms with Gasteiger partial charge in [-0.15, -0.1) is 0 Å². The van der Waals surface area contributed by atoms with Crippen molar-refractivity contribution in [2.24, 2.45) is 5.73 Å². The Morgan fingerprint density at radius 1 is 1.24 bits per heavy atom. The second kappa shape index (κ2) is 4.07. The van der Waals surface area contributed by atoms with Crippen LogP contribution in [0.4, 0.5) is 0 Å². The average Bonchev–Trinajstić information content (AvgIpc) is 2.64. The predicted octanol–water partition coefficient (Wildman–Crippen LogP) is 2.88. The first-order valence-electron chi connectivity index (χ1n) is 6.13. The van der Waals surface area contributed by atoms with E-state index in [0.717, 1.165) is 47.8 Å². The van der Waals surface area contributed by atoms with Crippen LogP contribution in [0, 0.1) is 0 Å². The highest BCUT2D eigenvalue weighted by atomic mass is 35.5. The van der Waals surface area contributed by atoms with Crippen LogP contribution in [0.2, 0.25) is 5.02 Å². The molecule has 4 heteroatoms. The highest BCUT2D eigenvalue weighted by Gasteiger charge is 2.47. The van der Waals surface area contributed by atoms with E-state index in [4.69, 9.17) is 26.8 Å². The van der Waals surface area contributed by atoms with Gasteiger partial charge in [-0.1, -0.05) is 11.6 Å². The largest absolute Gasteiger partial charge is 0.448 e. The van der Waals surface area contributed by atoms with E-state index in [2.05, 4.69) is 0 Å². The molecule has 1 fully saturated rings. The fraction of sp³-hybridized carbons (Fsp3) is 0.538. The molecule has 1 aromatic carbocycles. The molecule has 1 aliphatic carbocycles. The first-order valence-corrected chi connectivity index (χ1v) is 6.51. The van der Waals surface area contributed by atoms with Gasteiger partial charge in [0.25, 0.3) is 5.79 Å². The Kier molecular flexibility index (Phi) is 2.68. The highest BCUT2D eigenvalue weighted by molar-refractivity contribution is 6.31. The van der Waals surface area contributed by atoms with Crippen LogP contribution < -0.4 is 15.2 Å². The lowest BCUT2D eigenvalue weighted by Crippen LogP contribution is -2.45. The zero-order valence-corrected chi connectivity index (χ0v) is 10.4. The van der Waals surface area contributed by atoms with Crippen molar-refractivity contribution in [3.63, 3.8) is 0 Å². The molecule has 1 heterocycles. The number of rotatable bonds is 3. The third-order valence-corrected chi connectivity index (χ3v) is 3.82. The van der Waals surface area contributed by atoms with E-state index >= 15 is 0 Å². The Morgan fingerprint density at radius 2 is 1.94 bits per heavy atom. The van der Waals surface area contributed by atoms with Crippen molar-refractivity contribution in [3.8, 4) is 11.5 Å². The monoisotopic (exact) mass is 253 g/mol. The van der Waals surface area contributed by atoms with Crippen LogP contribution in [0.3, 0.4) is 0 Å². The number of halogens is 1. The van der Waals surface area contributed by atoms with Crippen molar-refractivity contribution in [3.05, 3.63) is 22.7 Å². The van der Waals surface area contributed by atoms with Crippen molar-refractivity contribution >= 4 is 11.6 Å². The summed E-state index contributed by atoms with van der Waals surface area (Å²) in [6.45, 7) is 0.675. The van der Waals surface area contributed by atoms with Crippen LogP contribution in [0.5, 0.6) is 11.5 Å². The molecule has 1 aromatic rings. The van der Waals surface area contributed by atoms with E-state index in [-0.39, 0.29) is 5.79 Å². The smallest absolute Gasteiger partial charge is 0.251 e. The molecule has 0 aromatic heterocycles. The molecule has 0 amide bonds. The van der Waals surface area contributed by atoms with Crippen LogP contribution in [0.25, 0.3) is 0 Å². The molecule has 0 unspecified atom stereocenters. The summed E-state index contributed by atoms with van der Waals surface area (Å²) in [5, 5.41) is 0.747. The van der Waals surface area contributed by atoms with Gasteiger partial charge in [-0.05, 0) is 37.4 Å². The molecule has 2 N–H and O–H groups in total. The topological polar surface area (TPSA) is 44.5 Å². The van der Waals surface area contributed by atoms with E-state index < -0.39 is 0 Å². The van der Waals surface area contributed by atoms with Crippen LogP contribution in [0.1, 0.15) is 31.2 Å². The molecule has 1 spiro atoms. The molecular formula is C13H16ClNO2. The van der Waals surface area contributed by atoms with E-state index in [1.807, 2.05) is 12.1 Å². The summed E-state index contributed by atoms with van der Waals surface area (Å²) in [5.74, 6) is 1.24. The zero-order chi connectivity index (χ0) is 11.9. The molecule has 1 saturated carbocycles. The molecule has 92 valence electrons. The number of hydrogen-bond donors (Lipinski definition) is 1. The molecule has 3 nitrogen and oxygen atoms in total. The van der Waals surface area contributed by atoms with Crippen molar-refractivity contribution in [2.45, 2.75) is 37.9 Å². The van der Waals surface area contributed by atoms with E-state index in [0.29, 0.717) is 6.54 Å². The van der Waals surface area contributed by atoms with Gasteiger partial charge in [-0.25, -0.2) is 0 Å². The lowest BCUT2D eigenvalue weighted by atomic mass is 9.91. The summed E-state index contributed by atoms with van der Waals surface area (Å²) in [7, 11) is 0. The molecule has 0 saturated heterocycles. The van der Waals surface area contributed by atoms with Crippen molar-refractivity contribution in [1.82, 2.24) is 0 Å². The zero-order valence-electron chi connectivity index (χ0n) is 9.67. The Bertz CT molecular complexity index is 443. The summed E-state index contributed by atoms with van der Waals surface area (Å²) >= 11 is 6.22. The second-order valence-electron chi connectivity index (χ2n) is 4.75. The van der Waals surface area contributed by atoms with Crippen molar-refractivity contribution < 1.29 is 9.47 Å². The first-order chi connectivity index (χ1) is 8.22. The number of aryl methyl sites for hydroxylation is 1. The number of ether oxygens (including phenoxy) is 2. The Labute approximate surface area is 106 Å². The van der Waals surface area contributed by atoms with Gasteiger partial charge in [-0.3, -0.25) is 0 Å². The summed E-state index contributed by atoms with van der Waals surface area (Å²) in [4.78, 5) is 0. The van der Waals surface area contributed by atoms with Crippen LogP contribution in [-0.4, -0.2) is 12.3 Å². The SMILES string of the molecule is NCCCc1cc2c(cc1Cl)OC1(CCC1)O2. The number of benzene rings is 1. The summed E-state index contributed by atoms with van der Waals surface area (Å²) in [6, 6.07) is 3.87. The van der Waals surface area contributed by atoms with Gasteiger partial charge in [-0.2, -0.15) is 0 Å². The van der Waals surface area contributed by atoms with Gasteiger partial charge >= 0.3 is 0 Å². The lowest BCUT2D eigenvalue weighted by Gasteiger charge is -2.35. The molecule has 1 aliphatic heterocycles. The first kappa shape index (κ1) is 11.2. The fourth-order valence-corrected chi connectivity index (χ4v) is 2.56. The summed E-state index contributed by atoms with van der Waals surface area (Å²) < 4.78 is 11.7. The normalized spacial score (nSPS) is 19.4. The third kappa shape index (κ3) is 1.87. The Morgan fingerprint density at radius 3 is 2.53 bits per heavy atom. The predicted molar refractivity (Wildman–Crippen MR) is 66.7 cm³/mol. The minimum Gasteiger partial charge on any atom is -0.448 e. The van der Waals surface area contributed by atoms with Crippen LogP contribution in [0.15, 0.2) is 12.1 Å². The molecular weight excluding hydrogens is 238 g/mol. The third-order valence-electron chi connectivity index (χ3n) is 3.47. The summed E-state index contributed by atoms with van der Waals surface area (Å²) in [6.07, 6.45) is 4.93. The van der Waals surface area contributed by atoms with Crippen LogP contribution in [-0.2, 0) is 6.42 Å². The second-order valence-corrected chi connectivity index (χ2v) is 5.16. The number of hydrogen-bond acceptors (Lipinski definition) is 3. The van der Waals surface area contributed by atoms with Gasteiger partial charge in [0, 0.05) is 23.9 Å². The Hall–Kier alpha value is -0.930. The van der Waals surface area contributed by atoms with Gasteiger partial charge in [0.2, 0.25) is 0 Å². The van der Waals surface area contributed by atoms with Gasteiger partial charge in [0.05, 0.1) is 0 Å². The van der Waals surface area contributed by atoms with E-state index in [1.54, 1.807) is 0 Å². The van der Waals surface area contributed by atoms with Crippen molar-refractivity contribution in [1.29, 1.82) is 0 Å². The molecule has 17 heavy (non-hydrogen) atoms. The van der Waals surface area contributed by atoms with E-state index in [9.17, 15) is 0 Å².